The molecular formula is C15H20INO4. The van der Waals surface area contributed by atoms with Crippen LogP contribution in [0, 0.1) is 3.57 Å². The van der Waals surface area contributed by atoms with E-state index >= 15 is 0 Å². The Morgan fingerprint density at radius 2 is 1.86 bits per heavy atom. The molecule has 1 aromatic carbocycles. The van der Waals surface area contributed by atoms with E-state index in [9.17, 15) is 9.59 Å². The standard InChI is InChI=1S/C15H20INO4/c1-15(2,3)21-14(20)17-12(9-13(18)19)8-10-4-6-11(16)7-5-10/h4-7,12H,8-9H2,1-3H3,(H,17,20)(H,18,19). The first-order valence-electron chi connectivity index (χ1n) is 6.61. The van der Waals surface area contributed by atoms with E-state index in [1.807, 2.05) is 24.3 Å². The van der Waals surface area contributed by atoms with Crippen LogP contribution in [0.4, 0.5) is 4.79 Å². The maximum atomic E-state index is 11.8. The number of amides is 1. The molecule has 1 unspecified atom stereocenters. The molecule has 0 aliphatic rings. The van der Waals surface area contributed by atoms with Gasteiger partial charge in [0.05, 0.1) is 6.42 Å². The number of carboxylic acids is 1. The lowest BCUT2D eigenvalue weighted by Crippen LogP contribution is -2.41. The van der Waals surface area contributed by atoms with E-state index in [4.69, 9.17) is 9.84 Å². The van der Waals surface area contributed by atoms with E-state index < -0.39 is 23.7 Å². The predicted octanol–water partition coefficient (Wildman–Crippen LogP) is 3.20. The summed E-state index contributed by atoms with van der Waals surface area (Å²) in [6.45, 7) is 5.29. The molecule has 0 saturated heterocycles. The molecule has 6 heteroatoms. The van der Waals surface area contributed by atoms with Crippen LogP contribution >= 0.6 is 22.6 Å². The zero-order chi connectivity index (χ0) is 16.0. The number of hydrogen-bond donors (Lipinski definition) is 2. The second-order valence-corrected chi connectivity index (χ2v) is 7.02. The van der Waals surface area contributed by atoms with Crippen molar-refractivity contribution < 1.29 is 19.4 Å². The van der Waals surface area contributed by atoms with Gasteiger partial charge in [-0.15, -0.1) is 0 Å². The number of hydrogen-bond acceptors (Lipinski definition) is 3. The van der Waals surface area contributed by atoms with Crippen LogP contribution in [0.25, 0.3) is 0 Å². The highest BCUT2D eigenvalue weighted by Crippen LogP contribution is 2.12. The Bertz CT molecular complexity index is 493. The van der Waals surface area contributed by atoms with Gasteiger partial charge in [-0.05, 0) is 67.5 Å². The molecular weight excluding hydrogens is 385 g/mol. The molecule has 0 saturated carbocycles. The molecule has 0 aliphatic heterocycles. The first kappa shape index (κ1) is 17.7. The summed E-state index contributed by atoms with van der Waals surface area (Å²) in [7, 11) is 0. The van der Waals surface area contributed by atoms with Crippen LogP contribution < -0.4 is 5.32 Å². The van der Waals surface area contributed by atoms with Gasteiger partial charge in [-0.1, -0.05) is 12.1 Å². The van der Waals surface area contributed by atoms with Gasteiger partial charge in [0, 0.05) is 9.61 Å². The highest BCUT2D eigenvalue weighted by Gasteiger charge is 2.21. The highest BCUT2D eigenvalue weighted by molar-refractivity contribution is 14.1. The third-order valence-electron chi connectivity index (χ3n) is 2.54. The lowest BCUT2D eigenvalue weighted by atomic mass is 10.0. The summed E-state index contributed by atoms with van der Waals surface area (Å²) in [5.41, 5.74) is 0.360. The average molecular weight is 405 g/mol. The highest BCUT2D eigenvalue weighted by atomic mass is 127. The van der Waals surface area contributed by atoms with Crippen LogP contribution in [0.1, 0.15) is 32.8 Å². The zero-order valence-electron chi connectivity index (χ0n) is 12.4. The Morgan fingerprint density at radius 1 is 1.29 bits per heavy atom. The summed E-state index contributed by atoms with van der Waals surface area (Å²) < 4.78 is 6.27. The van der Waals surface area contributed by atoms with E-state index in [0.29, 0.717) is 6.42 Å². The Morgan fingerprint density at radius 3 is 2.33 bits per heavy atom. The third-order valence-corrected chi connectivity index (χ3v) is 3.26. The summed E-state index contributed by atoms with van der Waals surface area (Å²) in [4.78, 5) is 22.7. The summed E-state index contributed by atoms with van der Waals surface area (Å²) in [6.07, 6.45) is -0.299. The summed E-state index contributed by atoms with van der Waals surface area (Å²) in [5, 5.41) is 11.6. The van der Waals surface area contributed by atoms with Crippen molar-refractivity contribution in [3.63, 3.8) is 0 Å². The zero-order valence-corrected chi connectivity index (χ0v) is 14.5. The second kappa shape index (κ2) is 7.63. The van der Waals surface area contributed by atoms with Crippen LogP contribution in [0.15, 0.2) is 24.3 Å². The van der Waals surface area contributed by atoms with Crippen LogP contribution in [-0.2, 0) is 16.0 Å². The van der Waals surface area contributed by atoms with Gasteiger partial charge in [-0.3, -0.25) is 4.79 Å². The minimum atomic E-state index is -0.957. The molecule has 1 aromatic rings. The van der Waals surface area contributed by atoms with Crippen LogP contribution in [-0.4, -0.2) is 28.8 Å². The molecule has 1 rings (SSSR count). The molecule has 1 amide bonds. The first-order chi connectivity index (χ1) is 9.65. The molecule has 0 radical (unpaired) electrons. The number of carbonyl (C=O) groups excluding carboxylic acids is 1. The van der Waals surface area contributed by atoms with Gasteiger partial charge in [0.25, 0.3) is 0 Å². The Hall–Kier alpha value is -1.31. The average Bonchev–Trinajstić information content (AvgIpc) is 2.28. The number of benzene rings is 1. The lowest BCUT2D eigenvalue weighted by Gasteiger charge is -2.23. The summed E-state index contributed by atoms with van der Waals surface area (Å²) >= 11 is 2.20. The van der Waals surface area contributed by atoms with E-state index in [1.54, 1.807) is 20.8 Å². The first-order valence-corrected chi connectivity index (χ1v) is 7.69. The normalized spacial score (nSPS) is 12.6. The maximum Gasteiger partial charge on any atom is 0.407 e. The molecule has 2 N–H and O–H groups in total. The van der Waals surface area contributed by atoms with Gasteiger partial charge < -0.3 is 15.2 Å². The van der Waals surface area contributed by atoms with Crippen molar-refractivity contribution in [2.75, 3.05) is 0 Å². The number of carbonyl (C=O) groups is 2. The SMILES string of the molecule is CC(C)(C)OC(=O)NC(CC(=O)O)Cc1ccc(I)cc1. The van der Waals surface area contributed by atoms with Gasteiger partial charge in [0.15, 0.2) is 0 Å². The van der Waals surface area contributed by atoms with Crippen molar-refractivity contribution >= 4 is 34.7 Å². The summed E-state index contributed by atoms with van der Waals surface area (Å²) in [6, 6.07) is 7.24. The Kier molecular flexibility index (Phi) is 6.44. The maximum absolute atomic E-state index is 11.8. The Labute approximate surface area is 138 Å². The minimum absolute atomic E-state index is 0.148. The van der Waals surface area contributed by atoms with E-state index in [-0.39, 0.29) is 6.42 Å². The molecule has 21 heavy (non-hydrogen) atoms. The second-order valence-electron chi connectivity index (χ2n) is 5.77. The monoisotopic (exact) mass is 405 g/mol. The topological polar surface area (TPSA) is 75.6 Å². The molecule has 0 bridgehead atoms. The van der Waals surface area contributed by atoms with Gasteiger partial charge in [0.1, 0.15) is 5.60 Å². The fourth-order valence-corrected chi connectivity index (χ4v) is 2.12. The van der Waals surface area contributed by atoms with Crippen LogP contribution in [0.2, 0.25) is 0 Å². The van der Waals surface area contributed by atoms with Gasteiger partial charge in [-0.25, -0.2) is 4.79 Å². The summed E-state index contributed by atoms with van der Waals surface area (Å²) in [5.74, 6) is -0.957. The molecule has 0 heterocycles. The van der Waals surface area contributed by atoms with Crippen molar-refractivity contribution in [1.29, 1.82) is 0 Å². The molecule has 0 spiro atoms. The van der Waals surface area contributed by atoms with Crippen molar-refractivity contribution in [3.8, 4) is 0 Å². The largest absolute Gasteiger partial charge is 0.481 e. The number of ether oxygens (including phenoxy) is 1. The van der Waals surface area contributed by atoms with Crippen molar-refractivity contribution in [3.05, 3.63) is 33.4 Å². The van der Waals surface area contributed by atoms with Gasteiger partial charge >= 0.3 is 12.1 Å². The van der Waals surface area contributed by atoms with Crippen molar-refractivity contribution in [2.24, 2.45) is 0 Å². The van der Waals surface area contributed by atoms with E-state index in [1.165, 1.54) is 0 Å². The Balaban J connectivity index is 2.69. The molecule has 0 aliphatic carbocycles. The number of nitrogens with one attached hydrogen (secondary N) is 1. The lowest BCUT2D eigenvalue weighted by molar-refractivity contribution is -0.137. The van der Waals surface area contributed by atoms with Crippen LogP contribution in [0.5, 0.6) is 0 Å². The van der Waals surface area contributed by atoms with E-state index in [0.717, 1.165) is 9.13 Å². The fraction of sp³-hybridized carbons (Fsp3) is 0.467. The van der Waals surface area contributed by atoms with Gasteiger partial charge in [-0.2, -0.15) is 0 Å². The molecule has 5 nitrogen and oxygen atoms in total. The number of alkyl carbamates (subject to hydrolysis) is 1. The molecule has 0 aromatic heterocycles. The van der Waals surface area contributed by atoms with Crippen molar-refractivity contribution in [2.45, 2.75) is 45.3 Å². The van der Waals surface area contributed by atoms with Gasteiger partial charge in [0.2, 0.25) is 0 Å². The minimum Gasteiger partial charge on any atom is -0.481 e. The number of carboxylic acid groups (broad SMARTS) is 1. The number of halogens is 1. The smallest absolute Gasteiger partial charge is 0.407 e. The molecule has 0 fully saturated rings. The predicted molar refractivity (Wildman–Crippen MR) is 88.3 cm³/mol. The third kappa shape index (κ3) is 7.89. The van der Waals surface area contributed by atoms with Crippen LogP contribution in [0.3, 0.4) is 0 Å². The quantitative estimate of drug-likeness (QED) is 0.738. The number of rotatable bonds is 5. The molecule has 1 atom stereocenters. The van der Waals surface area contributed by atoms with Crippen molar-refractivity contribution in [1.82, 2.24) is 5.32 Å². The number of aliphatic carboxylic acids is 1. The molecule has 116 valence electrons. The van der Waals surface area contributed by atoms with E-state index in [2.05, 4.69) is 27.9 Å². The fourth-order valence-electron chi connectivity index (χ4n) is 1.76.